The van der Waals surface area contributed by atoms with Crippen LogP contribution in [0.25, 0.3) is 0 Å². The van der Waals surface area contributed by atoms with E-state index in [2.05, 4.69) is 16.7 Å². The molecule has 1 aromatic carbocycles. The zero-order valence-corrected chi connectivity index (χ0v) is 13.8. The van der Waals surface area contributed by atoms with Gasteiger partial charge in [0.25, 0.3) is 0 Å². The Balaban J connectivity index is 1.63. The quantitative estimate of drug-likeness (QED) is 0.895. The Morgan fingerprint density at radius 2 is 2.00 bits per heavy atom. The molecule has 120 valence electrons. The number of carbonyl (C=O) groups excluding carboxylic acids is 1. The van der Waals surface area contributed by atoms with Crippen molar-refractivity contribution in [2.24, 2.45) is 5.92 Å². The molecule has 1 amide bonds. The molecule has 2 N–H and O–H groups in total. The molecule has 0 unspecified atom stereocenters. The maximum atomic E-state index is 12.1. The maximum absolute atomic E-state index is 12.1. The molecule has 1 saturated carbocycles. The van der Waals surface area contributed by atoms with E-state index in [0.717, 1.165) is 50.2 Å². The van der Waals surface area contributed by atoms with Crippen LogP contribution in [0.1, 0.15) is 42.4 Å². The lowest BCUT2D eigenvalue weighted by atomic mass is 9.95. The van der Waals surface area contributed by atoms with Gasteiger partial charge in [-0.05, 0) is 68.0 Å². The van der Waals surface area contributed by atoms with Gasteiger partial charge in [-0.2, -0.15) is 0 Å². The van der Waals surface area contributed by atoms with Gasteiger partial charge in [0.2, 0.25) is 5.91 Å². The van der Waals surface area contributed by atoms with Crippen LogP contribution < -0.4 is 10.6 Å². The average Bonchev–Trinajstić information content (AvgIpc) is 2.95. The highest BCUT2D eigenvalue weighted by Gasteiger charge is 2.22. The van der Waals surface area contributed by atoms with E-state index in [0.29, 0.717) is 6.54 Å². The molecule has 3 nitrogen and oxygen atoms in total. The van der Waals surface area contributed by atoms with Gasteiger partial charge in [-0.3, -0.25) is 4.79 Å². The maximum Gasteiger partial charge on any atom is 0.223 e. The minimum absolute atomic E-state index is 0.234. The van der Waals surface area contributed by atoms with Crippen molar-refractivity contribution >= 4 is 17.5 Å². The molecular formula is C18H25ClN2O. The summed E-state index contributed by atoms with van der Waals surface area (Å²) < 4.78 is 0. The lowest BCUT2D eigenvalue weighted by Crippen LogP contribution is -2.31. The Morgan fingerprint density at radius 1 is 1.23 bits per heavy atom. The van der Waals surface area contributed by atoms with Gasteiger partial charge in [-0.25, -0.2) is 0 Å². The molecule has 0 bridgehead atoms. The number of amides is 1. The molecule has 0 radical (unpaired) electrons. The summed E-state index contributed by atoms with van der Waals surface area (Å²) in [5.41, 5.74) is 4.04. The molecule has 0 spiro atoms. The minimum atomic E-state index is 0.234. The smallest absolute Gasteiger partial charge is 0.223 e. The zero-order chi connectivity index (χ0) is 15.4. The first-order valence-electron chi connectivity index (χ1n) is 8.53. The topological polar surface area (TPSA) is 41.1 Å². The third-order valence-corrected chi connectivity index (χ3v) is 5.35. The van der Waals surface area contributed by atoms with Gasteiger partial charge in [0.05, 0.1) is 0 Å². The van der Waals surface area contributed by atoms with E-state index in [1.165, 1.54) is 29.5 Å². The second kappa shape index (κ2) is 7.47. The highest BCUT2D eigenvalue weighted by Crippen LogP contribution is 2.27. The predicted molar refractivity (Wildman–Crippen MR) is 90.4 cm³/mol. The summed E-state index contributed by atoms with van der Waals surface area (Å²) in [6.45, 7) is 2.74. The third kappa shape index (κ3) is 3.64. The van der Waals surface area contributed by atoms with E-state index in [1.54, 1.807) is 0 Å². The van der Waals surface area contributed by atoms with Crippen LogP contribution in [-0.4, -0.2) is 25.5 Å². The van der Waals surface area contributed by atoms with Crippen LogP contribution >= 0.6 is 11.6 Å². The Kier molecular flexibility index (Phi) is 5.37. The van der Waals surface area contributed by atoms with Crippen LogP contribution in [0.2, 0.25) is 5.02 Å². The normalized spacial score (nSPS) is 18.8. The van der Waals surface area contributed by atoms with Crippen molar-refractivity contribution in [3.63, 3.8) is 0 Å². The molecule has 1 aliphatic carbocycles. The fourth-order valence-corrected chi connectivity index (χ4v) is 4.00. The standard InChI is InChI=1S/C18H25ClN2O/c19-17-6-5-13-7-10-20-11-8-15(13)16(17)9-12-21-18(22)14-3-1-2-4-14/h5-6,14,20H,1-4,7-12H2,(H,21,22). The van der Waals surface area contributed by atoms with E-state index >= 15 is 0 Å². The van der Waals surface area contributed by atoms with Gasteiger partial charge in [0.1, 0.15) is 0 Å². The number of hydrogen-bond donors (Lipinski definition) is 2. The largest absolute Gasteiger partial charge is 0.356 e. The van der Waals surface area contributed by atoms with Gasteiger partial charge in [0.15, 0.2) is 0 Å². The number of nitrogens with one attached hydrogen (secondary N) is 2. The van der Waals surface area contributed by atoms with Crippen LogP contribution in [0.15, 0.2) is 12.1 Å². The molecule has 2 aliphatic rings. The van der Waals surface area contributed by atoms with Crippen molar-refractivity contribution < 1.29 is 4.79 Å². The predicted octanol–water partition coefficient (Wildman–Crippen LogP) is 2.88. The first-order chi connectivity index (χ1) is 10.8. The minimum Gasteiger partial charge on any atom is -0.356 e. The number of benzene rings is 1. The molecule has 0 atom stereocenters. The van der Waals surface area contributed by atoms with E-state index in [-0.39, 0.29) is 11.8 Å². The van der Waals surface area contributed by atoms with Gasteiger partial charge in [-0.15, -0.1) is 0 Å². The number of halogens is 1. The van der Waals surface area contributed by atoms with Crippen LogP contribution in [0.4, 0.5) is 0 Å². The number of hydrogen-bond acceptors (Lipinski definition) is 2. The van der Waals surface area contributed by atoms with Crippen LogP contribution in [0.5, 0.6) is 0 Å². The number of rotatable bonds is 4. The average molecular weight is 321 g/mol. The van der Waals surface area contributed by atoms with E-state index in [1.807, 2.05) is 6.07 Å². The molecule has 4 heteroatoms. The van der Waals surface area contributed by atoms with Crippen molar-refractivity contribution in [3.05, 3.63) is 33.8 Å². The summed E-state index contributed by atoms with van der Waals surface area (Å²) in [7, 11) is 0. The summed E-state index contributed by atoms with van der Waals surface area (Å²) in [5.74, 6) is 0.477. The molecule has 1 aliphatic heterocycles. The second-order valence-electron chi connectivity index (χ2n) is 6.44. The van der Waals surface area contributed by atoms with Crippen LogP contribution in [0.3, 0.4) is 0 Å². The molecule has 0 saturated heterocycles. The van der Waals surface area contributed by atoms with Crippen molar-refractivity contribution in [3.8, 4) is 0 Å². The lowest BCUT2D eigenvalue weighted by molar-refractivity contribution is -0.124. The van der Waals surface area contributed by atoms with Crippen molar-refractivity contribution in [2.75, 3.05) is 19.6 Å². The molecule has 1 aromatic rings. The summed E-state index contributed by atoms with van der Waals surface area (Å²) in [6, 6.07) is 4.17. The summed E-state index contributed by atoms with van der Waals surface area (Å²) >= 11 is 6.42. The lowest BCUT2D eigenvalue weighted by Gasteiger charge is -2.15. The summed E-state index contributed by atoms with van der Waals surface area (Å²) in [5, 5.41) is 7.39. The van der Waals surface area contributed by atoms with Gasteiger partial charge < -0.3 is 10.6 Å². The first-order valence-corrected chi connectivity index (χ1v) is 8.91. The SMILES string of the molecule is O=C(NCCc1c(Cl)ccc2c1CCNCC2)C1CCCC1. The molecule has 0 aromatic heterocycles. The summed E-state index contributed by atoms with van der Waals surface area (Å²) in [6.07, 6.45) is 7.43. The molecule has 3 rings (SSSR count). The third-order valence-electron chi connectivity index (χ3n) is 4.99. The monoisotopic (exact) mass is 320 g/mol. The van der Waals surface area contributed by atoms with Crippen LogP contribution in [-0.2, 0) is 24.1 Å². The Bertz CT molecular complexity index is 538. The Labute approximate surface area is 137 Å². The fourth-order valence-electron chi connectivity index (χ4n) is 3.73. The first kappa shape index (κ1) is 15.8. The number of carbonyl (C=O) groups is 1. The van der Waals surface area contributed by atoms with Crippen molar-refractivity contribution in [2.45, 2.75) is 44.9 Å². The van der Waals surface area contributed by atoms with Gasteiger partial charge in [-0.1, -0.05) is 30.5 Å². The highest BCUT2D eigenvalue weighted by atomic mass is 35.5. The fraction of sp³-hybridized carbons (Fsp3) is 0.611. The van der Waals surface area contributed by atoms with Gasteiger partial charge >= 0.3 is 0 Å². The van der Waals surface area contributed by atoms with E-state index in [4.69, 9.17) is 11.6 Å². The Hall–Kier alpha value is -1.06. The summed E-state index contributed by atoms with van der Waals surface area (Å²) in [4.78, 5) is 12.1. The van der Waals surface area contributed by atoms with Gasteiger partial charge in [0, 0.05) is 17.5 Å². The molecule has 22 heavy (non-hydrogen) atoms. The van der Waals surface area contributed by atoms with Crippen molar-refractivity contribution in [1.29, 1.82) is 0 Å². The zero-order valence-electron chi connectivity index (χ0n) is 13.1. The molecule has 1 fully saturated rings. The van der Waals surface area contributed by atoms with Crippen LogP contribution in [0, 0.1) is 5.92 Å². The van der Waals surface area contributed by atoms with E-state index < -0.39 is 0 Å². The Morgan fingerprint density at radius 3 is 2.82 bits per heavy atom. The molecular weight excluding hydrogens is 296 g/mol. The number of fused-ring (bicyclic) bond motifs is 1. The molecule has 1 heterocycles. The second-order valence-corrected chi connectivity index (χ2v) is 6.84. The highest BCUT2D eigenvalue weighted by molar-refractivity contribution is 6.31. The van der Waals surface area contributed by atoms with Crippen molar-refractivity contribution in [1.82, 2.24) is 10.6 Å². The van der Waals surface area contributed by atoms with E-state index in [9.17, 15) is 4.79 Å².